The topological polar surface area (TPSA) is 86.8 Å². The molecule has 0 aliphatic carbocycles. The molecule has 0 saturated carbocycles. The van der Waals surface area contributed by atoms with Crippen LogP contribution in [0.2, 0.25) is 10.0 Å². The maximum atomic E-state index is 13.6. The summed E-state index contributed by atoms with van der Waals surface area (Å²) in [6.07, 6.45) is 1.02. The van der Waals surface area contributed by atoms with Crippen LogP contribution in [0.5, 0.6) is 0 Å². The molecule has 0 heterocycles. The average Bonchev–Trinajstić information content (AvgIpc) is 2.84. The van der Waals surface area contributed by atoms with E-state index in [9.17, 15) is 18.0 Å². The van der Waals surface area contributed by atoms with E-state index in [4.69, 9.17) is 23.2 Å². The first-order valence-electron chi connectivity index (χ1n) is 11.1. The highest BCUT2D eigenvalue weighted by molar-refractivity contribution is 7.88. The summed E-state index contributed by atoms with van der Waals surface area (Å²) < 4.78 is 24.9. The maximum Gasteiger partial charge on any atom is 0.247 e. The monoisotopic (exact) mass is 547 g/mol. The number of nitrogens with zero attached hydrogens (tertiary/aromatic N) is 2. The van der Waals surface area contributed by atoms with Crippen LogP contribution < -0.4 is 5.32 Å². The van der Waals surface area contributed by atoms with Crippen molar-refractivity contribution in [1.29, 1.82) is 0 Å². The number of benzene rings is 3. The van der Waals surface area contributed by atoms with E-state index in [1.54, 1.807) is 66.7 Å². The molecule has 0 saturated heterocycles. The lowest BCUT2D eigenvalue weighted by atomic mass is 10.0. The summed E-state index contributed by atoms with van der Waals surface area (Å²) >= 11 is 12.3. The van der Waals surface area contributed by atoms with Crippen LogP contribution in [-0.4, -0.2) is 49.3 Å². The van der Waals surface area contributed by atoms with Crippen molar-refractivity contribution in [2.75, 3.05) is 19.8 Å². The molecule has 0 radical (unpaired) electrons. The van der Waals surface area contributed by atoms with E-state index in [0.29, 0.717) is 15.6 Å². The van der Waals surface area contributed by atoms with E-state index < -0.39 is 34.4 Å². The Balaban J connectivity index is 1.98. The summed E-state index contributed by atoms with van der Waals surface area (Å²) in [5.74, 6) is -0.954. The molecule has 0 aliphatic rings. The summed E-state index contributed by atoms with van der Waals surface area (Å²) in [6.45, 7) is -0.200. The van der Waals surface area contributed by atoms with Crippen LogP contribution >= 0.6 is 23.2 Å². The number of rotatable bonds is 10. The molecule has 36 heavy (non-hydrogen) atoms. The summed E-state index contributed by atoms with van der Waals surface area (Å²) in [6, 6.07) is 21.9. The lowest BCUT2D eigenvalue weighted by molar-refractivity contribution is -0.141. The lowest BCUT2D eigenvalue weighted by Crippen LogP contribution is -2.47. The zero-order valence-electron chi connectivity index (χ0n) is 19.9. The van der Waals surface area contributed by atoms with Crippen molar-refractivity contribution in [1.82, 2.24) is 14.5 Å². The first kappa shape index (κ1) is 27.7. The third kappa shape index (κ3) is 7.54. The Morgan fingerprint density at radius 3 is 2.14 bits per heavy atom. The summed E-state index contributed by atoms with van der Waals surface area (Å²) in [5, 5.41) is 3.93. The minimum Gasteiger partial charge on any atom is -0.350 e. The zero-order chi connectivity index (χ0) is 26.3. The Bertz CT molecular complexity index is 1300. The number of carbonyl (C=O) groups excluding carboxylic acids is 2. The second-order valence-corrected chi connectivity index (χ2v) is 11.2. The standard InChI is InChI=1S/C26H27Cl2N3O4S/c1-30(36(2,34)35)18-24(32)31(17-19-12-14-22(27)15-13-19)25(20-8-4-3-5-9-20)26(33)29-16-21-10-6-7-11-23(21)28/h3-15,25H,16-18H2,1-2H3,(H,29,33)/t25-/m1/s1. The molecule has 0 unspecified atom stereocenters. The van der Waals surface area contributed by atoms with Gasteiger partial charge in [0.1, 0.15) is 6.04 Å². The lowest BCUT2D eigenvalue weighted by Gasteiger charge is -2.32. The van der Waals surface area contributed by atoms with Crippen molar-refractivity contribution in [3.8, 4) is 0 Å². The van der Waals surface area contributed by atoms with E-state index in [1.807, 2.05) is 12.1 Å². The van der Waals surface area contributed by atoms with Crippen molar-refractivity contribution in [3.63, 3.8) is 0 Å². The first-order valence-corrected chi connectivity index (χ1v) is 13.7. The van der Waals surface area contributed by atoms with Gasteiger partial charge < -0.3 is 10.2 Å². The Kier molecular flexibility index (Phi) is 9.50. The number of hydrogen-bond acceptors (Lipinski definition) is 4. The first-order chi connectivity index (χ1) is 17.1. The Morgan fingerprint density at radius 1 is 0.917 bits per heavy atom. The molecular weight excluding hydrogens is 521 g/mol. The largest absolute Gasteiger partial charge is 0.350 e. The summed E-state index contributed by atoms with van der Waals surface area (Å²) in [7, 11) is -2.30. The fourth-order valence-electron chi connectivity index (χ4n) is 3.54. The molecule has 0 bridgehead atoms. The van der Waals surface area contributed by atoms with Crippen LogP contribution in [0, 0.1) is 0 Å². The second-order valence-electron chi connectivity index (χ2n) is 8.29. The number of amides is 2. The predicted molar refractivity (Wildman–Crippen MR) is 142 cm³/mol. The van der Waals surface area contributed by atoms with Gasteiger partial charge in [-0.2, -0.15) is 4.31 Å². The molecule has 3 aromatic carbocycles. The number of nitrogens with one attached hydrogen (secondary N) is 1. The third-order valence-electron chi connectivity index (χ3n) is 5.60. The molecule has 2 amide bonds. The number of likely N-dealkylation sites (N-methyl/N-ethyl adjacent to an activating group) is 1. The van der Waals surface area contributed by atoms with E-state index in [2.05, 4.69) is 5.32 Å². The number of carbonyl (C=O) groups is 2. The van der Waals surface area contributed by atoms with E-state index in [1.165, 1.54) is 11.9 Å². The highest BCUT2D eigenvalue weighted by Crippen LogP contribution is 2.25. The Labute approximate surface area is 221 Å². The van der Waals surface area contributed by atoms with Crippen molar-refractivity contribution in [3.05, 3.63) is 106 Å². The molecule has 1 N–H and O–H groups in total. The number of sulfonamides is 1. The van der Waals surface area contributed by atoms with Gasteiger partial charge in [0.05, 0.1) is 12.8 Å². The third-order valence-corrected chi connectivity index (χ3v) is 7.48. The highest BCUT2D eigenvalue weighted by Gasteiger charge is 2.33. The second kappa shape index (κ2) is 12.4. The van der Waals surface area contributed by atoms with Crippen LogP contribution in [0.3, 0.4) is 0 Å². The van der Waals surface area contributed by atoms with Crippen molar-refractivity contribution in [2.24, 2.45) is 0 Å². The minimum atomic E-state index is -3.62. The molecule has 3 rings (SSSR count). The van der Waals surface area contributed by atoms with Crippen LogP contribution in [0.15, 0.2) is 78.9 Å². The van der Waals surface area contributed by atoms with Crippen molar-refractivity contribution >= 4 is 45.0 Å². The molecule has 190 valence electrons. The average molecular weight is 548 g/mol. The molecule has 1 atom stereocenters. The van der Waals surface area contributed by atoms with E-state index in [-0.39, 0.29) is 13.1 Å². The quantitative estimate of drug-likeness (QED) is 0.410. The smallest absolute Gasteiger partial charge is 0.247 e. The van der Waals surface area contributed by atoms with Crippen molar-refractivity contribution < 1.29 is 18.0 Å². The molecule has 7 nitrogen and oxygen atoms in total. The highest BCUT2D eigenvalue weighted by atomic mass is 35.5. The Hall–Kier alpha value is -2.91. The van der Waals surface area contributed by atoms with Crippen LogP contribution in [0.25, 0.3) is 0 Å². The summed E-state index contributed by atoms with van der Waals surface area (Å²) in [5.41, 5.74) is 2.04. The zero-order valence-corrected chi connectivity index (χ0v) is 22.2. The van der Waals surface area contributed by atoms with Crippen molar-refractivity contribution in [2.45, 2.75) is 19.1 Å². The minimum absolute atomic E-state index is 0.0622. The normalized spacial score (nSPS) is 12.2. The number of hydrogen-bond donors (Lipinski definition) is 1. The van der Waals surface area contributed by atoms with E-state index in [0.717, 1.165) is 21.7 Å². The van der Waals surface area contributed by atoms with Gasteiger partial charge in [-0.05, 0) is 34.9 Å². The molecule has 10 heteroatoms. The molecule has 0 fully saturated rings. The predicted octanol–water partition coefficient (Wildman–Crippen LogP) is 4.27. The molecule has 3 aromatic rings. The molecule has 0 spiro atoms. The molecule has 0 aromatic heterocycles. The van der Waals surface area contributed by atoms with Gasteiger partial charge in [0, 0.05) is 30.2 Å². The Morgan fingerprint density at radius 2 is 1.53 bits per heavy atom. The molecular formula is C26H27Cl2N3O4S. The SMILES string of the molecule is CN(CC(=O)N(Cc1ccc(Cl)cc1)[C@@H](C(=O)NCc1ccccc1Cl)c1ccccc1)S(C)(=O)=O. The van der Waals surface area contributed by atoms with Gasteiger partial charge in [-0.1, -0.05) is 83.9 Å². The van der Waals surface area contributed by atoms with Gasteiger partial charge in [-0.15, -0.1) is 0 Å². The number of halogens is 2. The summed E-state index contributed by atoms with van der Waals surface area (Å²) in [4.78, 5) is 28.5. The van der Waals surface area contributed by atoms with Gasteiger partial charge in [0.15, 0.2) is 0 Å². The molecule has 0 aliphatic heterocycles. The van der Waals surface area contributed by atoms with Crippen LogP contribution in [-0.2, 0) is 32.7 Å². The van der Waals surface area contributed by atoms with Gasteiger partial charge >= 0.3 is 0 Å². The van der Waals surface area contributed by atoms with Crippen LogP contribution in [0.1, 0.15) is 22.7 Å². The van der Waals surface area contributed by atoms with Gasteiger partial charge in [0.25, 0.3) is 0 Å². The van der Waals surface area contributed by atoms with Gasteiger partial charge in [-0.3, -0.25) is 9.59 Å². The van der Waals surface area contributed by atoms with E-state index >= 15 is 0 Å². The van der Waals surface area contributed by atoms with Gasteiger partial charge in [-0.25, -0.2) is 8.42 Å². The van der Waals surface area contributed by atoms with Gasteiger partial charge in [0.2, 0.25) is 21.8 Å². The fraction of sp³-hybridized carbons (Fsp3) is 0.231. The van der Waals surface area contributed by atoms with Crippen LogP contribution in [0.4, 0.5) is 0 Å². The maximum absolute atomic E-state index is 13.6. The fourth-order valence-corrected chi connectivity index (χ4v) is 4.21.